The molecule has 1 aromatic rings. The molecule has 1 aromatic carbocycles. The zero-order valence-electron chi connectivity index (χ0n) is 12.4. The number of aryl methyl sites for hydroxylation is 1. The minimum Gasteiger partial charge on any atom is -0.484 e. The number of amides is 1. The molecule has 1 saturated heterocycles. The molecule has 5 nitrogen and oxygen atoms in total. The third-order valence-electron chi connectivity index (χ3n) is 3.98. The number of nitrogens with zero attached hydrogens (tertiary/aromatic N) is 1. The first-order valence-electron chi connectivity index (χ1n) is 7.21. The third kappa shape index (κ3) is 3.74. The Bertz CT molecular complexity index is 529. The molecule has 0 unspecified atom stereocenters. The summed E-state index contributed by atoms with van der Waals surface area (Å²) in [7, 11) is 0. The molecule has 2 atom stereocenters. The SMILES string of the molecule is Cc1cccc(OCC(=O)N2CCC[C@@H](C(=O)O)[C@H]2C)c1. The molecule has 1 N–H and O–H groups in total. The number of piperidine rings is 1. The summed E-state index contributed by atoms with van der Waals surface area (Å²) in [6.07, 6.45) is 1.34. The summed E-state index contributed by atoms with van der Waals surface area (Å²) in [6.45, 7) is 4.29. The molecule has 21 heavy (non-hydrogen) atoms. The van der Waals surface area contributed by atoms with Gasteiger partial charge in [-0.25, -0.2) is 0 Å². The lowest BCUT2D eigenvalue weighted by Gasteiger charge is -2.37. The molecule has 1 heterocycles. The maximum absolute atomic E-state index is 12.2. The fourth-order valence-corrected chi connectivity index (χ4v) is 2.76. The van der Waals surface area contributed by atoms with Crippen molar-refractivity contribution in [3.8, 4) is 5.75 Å². The molecule has 0 bridgehead atoms. The third-order valence-corrected chi connectivity index (χ3v) is 3.98. The molecule has 1 aliphatic rings. The smallest absolute Gasteiger partial charge is 0.308 e. The normalized spacial score (nSPS) is 21.9. The summed E-state index contributed by atoms with van der Waals surface area (Å²) in [5.74, 6) is -0.820. The number of hydrogen-bond donors (Lipinski definition) is 1. The van der Waals surface area contributed by atoms with Gasteiger partial charge in [0.2, 0.25) is 0 Å². The monoisotopic (exact) mass is 291 g/mol. The van der Waals surface area contributed by atoms with Gasteiger partial charge in [0.05, 0.1) is 5.92 Å². The van der Waals surface area contributed by atoms with E-state index in [4.69, 9.17) is 4.74 Å². The molecule has 1 aliphatic heterocycles. The predicted molar refractivity (Wildman–Crippen MR) is 78.2 cm³/mol. The van der Waals surface area contributed by atoms with Crippen molar-refractivity contribution in [2.75, 3.05) is 13.2 Å². The average Bonchev–Trinajstić information content (AvgIpc) is 2.45. The van der Waals surface area contributed by atoms with E-state index in [2.05, 4.69) is 0 Å². The van der Waals surface area contributed by atoms with E-state index in [1.54, 1.807) is 17.9 Å². The molecule has 0 saturated carbocycles. The molecule has 114 valence electrons. The Balaban J connectivity index is 1.95. The van der Waals surface area contributed by atoms with Crippen molar-refractivity contribution in [2.45, 2.75) is 32.7 Å². The number of aliphatic carboxylic acids is 1. The highest BCUT2D eigenvalue weighted by molar-refractivity contribution is 5.80. The Labute approximate surface area is 124 Å². The second kappa shape index (κ2) is 6.61. The van der Waals surface area contributed by atoms with E-state index in [-0.39, 0.29) is 18.6 Å². The van der Waals surface area contributed by atoms with E-state index in [0.717, 1.165) is 12.0 Å². The summed E-state index contributed by atoms with van der Waals surface area (Å²) < 4.78 is 5.51. The van der Waals surface area contributed by atoms with Gasteiger partial charge in [-0.3, -0.25) is 9.59 Å². The number of carboxylic acid groups (broad SMARTS) is 1. The van der Waals surface area contributed by atoms with Crippen LogP contribution >= 0.6 is 0 Å². The molecular formula is C16H21NO4. The highest BCUT2D eigenvalue weighted by atomic mass is 16.5. The van der Waals surface area contributed by atoms with Crippen LogP contribution in [0.25, 0.3) is 0 Å². The highest BCUT2D eigenvalue weighted by Gasteiger charge is 2.35. The number of rotatable bonds is 4. The lowest BCUT2D eigenvalue weighted by Crippen LogP contribution is -2.50. The van der Waals surface area contributed by atoms with Gasteiger partial charge in [-0.1, -0.05) is 12.1 Å². The molecule has 0 radical (unpaired) electrons. The number of benzene rings is 1. The summed E-state index contributed by atoms with van der Waals surface area (Å²) in [6, 6.07) is 7.22. The van der Waals surface area contributed by atoms with Crippen molar-refractivity contribution < 1.29 is 19.4 Å². The van der Waals surface area contributed by atoms with Crippen molar-refractivity contribution in [3.63, 3.8) is 0 Å². The maximum atomic E-state index is 12.2. The summed E-state index contributed by atoms with van der Waals surface area (Å²) in [4.78, 5) is 25.0. The van der Waals surface area contributed by atoms with Crippen LogP contribution < -0.4 is 4.74 Å². The standard InChI is InChI=1S/C16H21NO4/c1-11-5-3-6-13(9-11)21-10-15(18)17-8-4-7-14(12(17)2)16(19)20/h3,5-6,9,12,14H,4,7-8,10H2,1-2H3,(H,19,20)/t12-,14-/m1/s1. The summed E-state index contributed by atoms with van der Waals surface area (Å²) >= 11 is 0. The van der Waals surface area contributed by atoms with Gasteiger partial charge >= 0.3 is 5.97 Å². The number of carboxylic acids is 1. The molecule has 0 aliphatic carbocycles. The van der Waals surface area contributed by atoms with Crippen LogP contribution in [0.1, 0.15) is 25.3 Å². The first-order chi connectivity index (χ1) is 9.99. The second-order valence-corrected chi connectivity index (χ2v) is 5.52. The van der Waals surface area contributed by atoms with Crippen LogP contribution in [0, 0.1) is 12.8 Å². The fourth-order valence-electron chi connectivity index (χ4n) is 2.76. The van der Waals surface area contributed by atoms with Gasteiger partial charge in [0.15, 0.2) is 6.61 Å². The van der Waals surface area contributed by atoms with Crippen LogP contribution in [-0.4, -0.2) is 41.1 Å². The van der Waals surface area contributed by atoms with E-state index >= 15 is 0 Å². The first kappa shape index (κ1) is 15.4. The minimum atomic E-state index is -0.834. The molecule has 2 rings (SSSR count). The average molecular weight is 291 g/mol. The Hall–Kier alpha value is -2.04. The van der Waals surface area contributed by atoms with Crippen molar-refractivity contribution in [1.29, 1.82) is 0 Å². The first-order valence-corrected chi connectivity index (χ1v) is 7.21. The van der Waals surface area contributed by atoms with Crippen LogP contribution in [0.3, 0.4) is 0 Å². The van der Waals surface area contributed by atoms with Crippen LogP contribution in [0.2, 0.25) is 0 Å². The van der Waals surface area contributed by atoms with E-state index in [9.17, 15) is 14.7 Å². The fraction of sp³-hybridized carbons (Fsp3) is 0.500. The Morgan fingerprint density at radius 1 is 1.43 bits per heavy atom. The largest absolute Gasteiger partial charge is 0.484 e. The number of carbonyl (C=O) groups excluding carboxylic acids is 1. The van der Waals surface area contributed by atoms with Gasteiger partial charge < -0.3 is 14.7 Å². The molecule has 0 aromatic heterocycles. The van der Waals surface area contributed by atoms with E-state index < -0.39 is 11.9 Å². The topological polar surface area (TPSA) is 66.8 Å². The van der Waals surface area contributed by atoms with Crippen LogP contribution in [0.15, 0.2) is 24.3 Å². The van der Waals surface area contributed by atoms with E-state index in [0.29, 0.717) is 18.7 Å². The minimum absolute atomic E-state index is 0.0554. The Kier molecular flexibility index (Phi) is 4.83. The zero-order valence-corrected chi connectivity index (χ0v) is 12.4. The van der Waals surface area contributed by atoms with Crippen molar-refractivity contribution >= 4 is 11.9 Å². The predicted octanol–water partition coefficient (Wildman–Crippen LogP) is 2.09. The quantitative estimate of drug-likeness (QED) is 0.922. The zero-order chi connectivity index (χ0) is 15.4. The van der Waals surface area contributed by atoms with Crippen molar-refractivity contribution in [3.05, 3.63) is 29.8 Å². The molecular weight excluding hydrogens is 270 g/mol. The Morgan fingerprint density at radius 2 is 2.19 bits per heavy atom. The van der Waals surface area contributed by atoms with E-state index in [1.165, 1.54) is 0 Å². The molecule has 5 heteroatoms. The van der Waals surface area contributed by atoms with Gasteiger partial charge in [-0.05, 0) is 44.4 Å². The van der Waals surface area contributed by atoms with Gasteiger partial charge in [-0.15, -0.1) is 0 Å². The van der Waals surface area contributed by atoms with Crippen LogP contribution in [0.4, 0.5) is 0 Å². The van der Waals surface area contributed by atoms with E-state index in [1.807, 2.05) is 25.1 Å². The molecule has 1 fully saturated rings. The highest BCUT2D eigenvalue weighted by Crippen LogP contribution is 2.24. The summed E-state index contributed by atoms with van der Waals surface area (Å²) in [5.41, 5.74) is 1.07. The Morgan fingerprint density at radius 3 is 2.86 bits per heavy atom. The van der Waals surface area contributed by atoms with Gasteiger partial charge in [0.1, 0.15) is 5.75 Å². The number of carbonyl (C=O) groups is 2. The van der Waals surface area contributed by atoms with Gasteiger partial charge in [0, 0.05) is 12.6 Å². The van der Waals surface area contributed by atoms with Crippen molar-refractivity contribution in [1.82, 2.24) is 4.90 Å². The van der Waals surface area contributed by atoms with Gasteiger partial charge in [0.25, 0.3) is 5.91 Å². The number of ether oxygens (including phenoxy) is 1. The summed E-state index contributed by atoms with van der Waals surface area (Å²) in [5, 5.41) is 9.18. The molecule has 0 spiro atoms. The maximum Gasteiger partial charge on any atom is 0.308 e. The van der Waals surface area contributed by atoms with Crippen LogP contribution in [0.5, 0.6) is 5.75 Å². The van der Waals surface area contributed by atoms with Crippen molar-refractivity contribution in [2.24, 2.45) is 5.92 Å². The number of hydrogen-bond acceptors (Lipinski definition) is 3. The second-order valence-electron chi connectivity index (χ2n) is 5.52. The van der Waals surface area contributed by atoms with Gasteiger partial charge in [-0.2, -0.15) is 0 Å². The lowest BCUT2D eigenvalue weighted by molar-refractivity contribution is -0.149. The van der Waals surface area contributed by atoms with Crippen LogP contribution in [-0.2, 0) is 9.59 Å². The molecule has 1 amide bonds. The lowest BCUT2D eigenvalue weighted by atomic mass is 9.90. The number of likely N-dealkylation sites (tertiary alicyclic amines) is 1.